The molecule has 0 spiro atoms. The number of primary amides is 1. The van der Waals surface area contributed by atoms with Crippen LogP contribution in [0.2, 0.25) is 0 Å². The third-order valence-electron chi connectivity index (χ3n) is 2.89. The molecule has 104 valence electrons. The summed E-state index contributed by atoms with van der Waals surface area (Å²) in [6, 6.07) is 1.81. The van der Waals surface area contributed by atoms with E-state index in [4.69, 9.17) is 5.73 Å². The lowest BCUT2D eigenvalue weighted by molar-refractivity contribution is 0.0992. The van der Waals surface area contributed by atoms with E-state index in [1.807, 2.05) is 0 Å². The minimum absolute atomic E-state index is 0.108. The average Bonchev–Trinajstić information content (AvgIpc) is 3.10. The third kappa shape index (κ3) is 2.90. The van der Waals surface area contributed by atoms with Gasteiger partial charge < -0.3 is 10.3 Å². The van der Waals surface area contributed by atoms with Crippen molar-refractivity contribution in [2.24, 2.45) is 11.7 Å². The zero-order valence-electron chi connectivity index (χ0n) is 9.77. The molecule has 1 amide bonds. The van der Waals surface area contributed by atoms with Gasteiger partial charge in [-0.2, -0.15) is 0 Å². The largest absolute Gasteiger partial charge is 0.755 e. The highest BCUT2D eigenvalue weighted by Crippen LogP contribution is 2.33. The molecule has 1 aromatic rings. The SMILES string of the molecule is NC(=O)c1c(F)ccc(N(CC2CC2)S(=O)[O-])c1F. The first kappa shape index (κ1) is 13.9. The van der Waals surface area contributed by atoms with Crippen LogP contribution in [0.4, 0.5) is 14.5 Å². The first-order valence-electron chi connectivity index (χ1n) is 5.56. The van der Waals surface area contributed by atoms with Gasteiger partial charge in [-0.3, -0.25) is 13.3 Å². The highest BCUT2D eigenvalue weighted by molar-refractivity contribution is 7.80. The van der Waals surface area contributed by atoms with Gasteiger partial charge in [0.25, 0.3) is 5.91 Å². The number of anilines is 1. The zero-order chi connectivity index (χ0) is 14.2. The highest BCUT2D eigenvalue weighted by atomic mass is 32.2. The van der Waals surface area contributed by atoms with E-state index in [1.165, 1.54) is 0 Å². The number of hydrogen-bond donors (Lipinski definition) is 1. The molecule has 0 aliphatic heterocycles. The normalized spacial score (nSPS) is 16.2. The summed E-state index contributed by atoms with van der Waals surface area (Å²) in [6.45, 7) is 0.108. The van der Waals surface area contributed by atoms with E-state index in [0.29, 0.717) is 0 Å². The molecule has 0 radical (unpaired) electrons. The van der Waals surface area contributed by atoms with E-state index in [2.05, 4.69) is 0 Å². The summed E-state index contributed by atoms with van der Waals surface area (Å²) in [6.07, 6.45) is 1.72. The fraction of sp³-hybridized carbons (Fsp3) is 0.364. The van der Waals surface area contributed by atoms with Crippen LogP contribution in [0, 0.1) is 17.6 Å². The maximum atomic E-state index is 14.0. The summed E-state index contributed by atoms with van der Waals surface area (Å²) < 4.78 is 50.4. The number of nitrogens with two attached hydrogens (primary N) is 1. The average molecular weight is 289 g/mol. The lowest BCUT2D eigenvalue weighted by Crippen LogP contribution is -2.29. The Balaban J connectivity index is 2.44. The van der Waals surface area contributed by atoms with Crippen molar-refractivity contribution < 1.29 is 22.3 Å². The summed E-state index contributed by atoms with van der Waals surface area (Å²) in [5.74, 6) is -3.48. The maximum Gasteiger partial charge on any atom is 0.254 e. The van der Waals surface area contributed by atoms with Crippen LogP contribution in [0.1, 0.15) is 23.2 Å². The van der Waals surface area contributed by atoms with Gasteiger partial charge in [0.1, 0.15) is 11.4 Å². The summed E-state index contributed by atoms with van der Waals surface area (Å²) in [4.78, 5) is 11.0. The standard InChI is InChI=1S/C11H12F2N2O3S/c12-7-3-4-8(10(13)9(7)11(14)16)15(19(17)18)5-6-1-2-6/h3-4,6H,1-2,5H2,(H2,14,16)(H,17,18)/p-1. The van der Waals surface area contributed by atoms with E-state index < -0.39 is 34.4 Å². The van der Waals surface area contributed by atoms with Crippen LogP contribution >= 0.6 is 0 Å². The Morgan fingerprint density at radius 3 is 2.58 bits per heavy atom. The van der Waals surface area contributed by atoms with Crippen molar-refractivity contribution >= 4 is 22.9 Å². The van der Waals surface area contributed by atoms with Crippen LogP contribution in [0.25, 0.3) is 0 Å². The molecule has 1 atom stereocenters. The first-order valence-corrected chi connectivity index (χ1v) is 6.59. The molecule has 0 bridgehead atoms. The van der Waals surface area contributed by atoms with Crippen molar-refractivity contribution in [2.45, 2.75) is 12.8 Å². The molecule has 1 aliphatic rings. The van der Waals surface area contributed by atoms with Crippen LogP contribution in [0.5, 0.6) is 0 Å². The van der Waals surface area contributed by atoms with Crippen molar-refractivity contribution in [3.05, 3.63) is 29.3 Å². The lowest BCUT2D eigenvalue weighted by Gasteiger charge is -2.27. The molecule has 1 saturated carbocycles. The molecule has 5 nitrogen and oxygen atoms in total. The van der Waals surface area contributed by atoms with Gasteiger partial charge in [-0.1, -0.05) is 0 Å². The Morgan fingerprint density at radius 2 is 2.11 bits per heavy atom. The van der Waals surface area contributed by atoms with Gasteiger partial charge in [0.2, 0.25) is 0 Å². The molecule has 2 rings (SSSR count). The maximum absolute atomic E-state index is 14.0. The number of rotatable bonds is 5. The number of hydrogen-bond acceptors (Lipinski definition) is 3. The minimum atomic E-state index is -2.70. The number of halogens is 2. The van der Waals surface area contributed by atoms with Gasteiger partial charge in [0.05, 0.1) is 5.69 Å². The third-order valence-corrected chi connectivity index (χ3v) is 3.59. The highest BCUT2D eigenvalue weighted by Gasteiger charge is 2.28. The Morgan fingerprint density at radius 1 is 1.47 bits per heavy atom. The first-order chi connectivity index (χ1) is 8.91. The molecule has 19 heavy (non-hydrogen) atoms. The quantitative estimate of drug-likeness (QED) is 0.823. The van der Waals surface area contributed by atoms with E-state index in [0.717, 1.165) is 29.3 Å². The topological polar surface area (TPSA) is 86.5 Å². The van der Waals surface area contributed by atoms with Gasteiger partial charge in [-0.25, -0.2) is 8.78 Å². The van der Waals surface area contributed by atoms with Gasteiger partial charge in [0, 0.05) is 17.8 Å². The van der Waals surface area contributed by atoms with Crippen molar-refractivity contribution in [3.8, 4) is 0 Å². The van der Waals surface area contributed by atoms with Gasteiger partial charge in [-0.05, 0) is 30.9 Å². The molecule has 1 fully saturated rings. The predicted octanol–water partition coefficient (Wildman–Crippen LogP) is 1.07. The lowest BCUT2D eigenvalue weighted by atomic mass is 10.1. The number of carbonyl (C=O) groups excluding carboxylic acids is 1. The molecule has 1 aromatic carbocycles. The fourth-order valence-corrected chi connectivity index (χ4v) is 2.37. The Bertz CT molecular complexity index is 549. The second-order valence-corrected chi connectivity index (χ2v) is 5.22. The minimum Gasteiger partial charge on any atom is -0.755 e. The molecule has 8 heteroatoms. The van der Waals surface area contributed by atoms with Crippen molar-refractivity contribution in [3.63, 3.8) is 0 Å². The predicted molar refractivity (Wildman–Crippen MR) is 63.9 cm³/mol. The molecular formula is C11H11F2N2O3S-. The number of nitrogens with zero attached hydrogens (tertiary/aromatic N) is 1. The van der Waals surface area contributed by atoms with Gasteiger partial charge in [0.15, 0.2) is 5.82 Å². The monoisotopic (exact) mass is 289 g/mol. The molecule has 2 N–H and O–H groups in total. The van der Waals surface area contributed by atoms with E-state index in [-0.39, 0.29) is 18.2 Å². The van der Waals surface area contributed by atoms with Crippen molar-refractivity contribution in [1.29, 1.82) is 0 Å². The van der Waals surface area contributed by atoms with Crippen LogP contribution in [-0.4, -0.2) is 21.2 Å². The molecule has 0 heterocycles. The number of benzene rings is 1. The second kappa shape index (κ2) is 5.22. The smallest absolute Gasteiger partial charge is 0.254 e. The van der Waals surface area contributed by atoms with E-state index >= 15 is 0 Å². The Kier molecular flexibility index (Phi) is 3.81. The number of carbonyl (C=O) groups is 1. The van der Waals surface area contributed by atoms with Crippen molar-refractivity contribution in [1.82, 2.24) is 0 Å². The Labute approximate surface area is 110 Å². The second-order valence-electron chi connectivity index (χ2n) is 4.34. The summed E-state index contributed by atoms with van der Waals surface area (Å²) in [5, 5.41) is 0. The van der Waals surface area contributed by atoms with Crippen molar-refractivity contribution in [2.75, 3.05) is 10.8 Å². The van der Waals surface area contributed by atoms with Gasteiger partial charge >= 0.3 is 0 Å². The van der Waals surface area contributed by atoms with Crippen LogP contribution in [0.3, 0.4) is 0 Å². The molecule has 0 saturated heterocycles. The van der Waals surface area contributed by atoms with Crippen LogP contribution in [-0.2, 0) is 11.3 Å². The molecule has 0 aromatic heterocycles. The molecule has 1 unspecified atom stereocenters. The fourth-order valence-electron chi connectivity index (χ4n) is 1.73. The zero-order valence-corrected chi connectivity index (χ0v) is 10.6. The van der Waals surface area contributed by atoms with Crippen LogP contribution < -0.4 is 10.0 Å². The van der Waals surface area contributed by atoms with E-state index in [9.17, 15) is 22.3 Å². The summed E-state index contributed by atoms with van der Waals surface area (Å²) >= 11 is -2.70. The Hall–Kier alpha value is -1.54. The molecule has 1 aliphatic carbocycles. The molecular weight excluding hydrogens is 278 g/mol. The number of amides is 1. The van der Waals surface area contributed by atoms with E-state index in [1.54, 1.807) is 0 Å². The van der Waals surface area contributed by atoms with Crippen LogP contribution in [0.15, 0.2) is 12.1 Å². The summed E-state index contributed by atoms with van der Waals surface area (Å²) in [5.41, 5.74) is 3.59. The summed E-state index contributed by atoms with van der Waals surface area (Å²) in [7, 11) is 0. The van der Waals surface area contributed by atoms with Gasteiger partial charge in [-0.15, -0.1) is 0 Å².